The first-order valence-electron chi connectivity index (χ1n) is 13.9. The Kier molecular flexibility index (Phi) is 8.38. The lowest BCUT2D eigenvalue weighted by Crippen LogP contribution is -2.48. The van der Waals surface area contributed by atoms with Gasteiger partial charge < -0.3 is 9.84 Å². The molecule has 2 N–H and O–H groups in total. The molecule has 1 fully saturated rings. The number of hydrogen-bond acceptors (Lipinski definition) is 6. The van der Waals surface area contributed by atoms with Crippen LogP contribution in [0, 0.1) is 0 Å². The number of rotatable bonds is 8. The lowest BCUT2D eigenvalue weighted by atomic mass is 9.73. The van der Waals surface area contributed by atoms with Gasteiger partial charge in [0.05, 0.1) is 17.9 Å². The fourth-order valence-electron chi connectivity index (χ4n) is 5.53. The molecule has 43 heavy (non-hydrogen) atoms. The van der Waals surface area contributed by atoms with Crippen molar-refractivity contribution in [3.63, 3.8) is 0 Å². The molecule has 0 aliphatic carbocycles. The summed E-state index contributed by atoms with van der Waals surface area (Å²) < 4.78 is 32.3. The highest BCUT2D eigenvalue weighted by Gasteiger charge is 2.44. The third-order valence-electron chi connectivity index (χ3n) is 8.13. The van der Waals surface area contributed by atoms with E-state index in [2.05, 4.69) is 10.4 Å². The van der Waals surface area contributed by atoms with Crippen LogP contribution in [0.5, 0.6) is 0 Å². The van der Waals surface area contributed by atoms with Crippen LogP contribution in [0.4, 0.5) is 10.6 Å². The number of aryl methyl sites for hydroxylation is 1. The summed E-state index contributed by atoms with van der Waals surface area (Å²) in [4.78, 5) is 25.1. The summed E-state index contributed by atoms with van der Waals surface area (Å²) in [6.45, 7) is 2.15. The normalized spacial score (nSPS) is 15.9. The molecular formula is C32H34N4O6S. The van der Waals surface area contributed by atoms with Crippen molar-refractivity contribution in [2.24, 2.45) is 7.05 Å². The number of aliphatic carboxylic acids is 1. The quantitative estimate of drug-likeness (QED) is 0.275. The number of nitrogens with one attached hydrogen (secondary N) is 1. The van der Waals surface area contributed by atoms with Gasteiger partial charge in [0, 0.05) is 25.7 Å². The van der Waals surface area contributed by atoms with Crippen LogP contribution in [0.1, 0.15) is 37.0 Å². The standard InChI is InChI=1S/C32H34N4O6S/c1-22(23-7-5-4-6-8-23)42-31(39)34-29-28(21-33-35(29)2)26-11-9-24(10-12-26)25-13-15-27(16-14-25)32(30(37)38)17-19-36(20-18-32)43(3,40)41/h4-16,21-22H,17-20H2,1-3H3,(H,34,39)(H,37,38)/t22-/m1/s1. The molecule has 10 nitrogen and oxygen atoms in total. The lowest BCUT2D eigenvalue weighted by Gasteiger charge is -2.38. The minimum atomic E-state index is -3.37. The van der Waals surface area contributed by atoms with E-state index in [0.29, 0.717) is 11.4 Å². The summed E-state index contributed by atoms with van der Waals surface area (Å²) in [6, 6.07) is 24.7. The molecule has 0 unspecified atom stereocenters. The molecular weight excluding hydrogens is 568 g/mol. The van der Waals surface area contributed by atoms with Gasteiger partial charge in [-0.3, -0.25) is 14.8 Å². The summed E-state index contributed by atoms with van der Waals surface area (Å²) in [7, 11) is -1.62. The first-order chi connectivity index (χ1) is 20.5. The molecule has 2 heterocycles. The molecule has 224 valence electrons. The summed E-state index contributed by atoms with van der Waals surface area (Å²) in [5.74, 6) is -0.444. The van der Waals surface area contributed by atoms with E-state index < -0.39 is 33.6 Å². The van der Waals surface area contributed by atoms with Crippen LogP contribution in [-0.4, -0.2) is 59.0 Å². The first-order valence-corrected chi connectivity index (χ1v) is 15.8. The number of carbonyl (C=O) groups excluding carboxylic acids is 1. The molecule has 1 aliphatic rings. The fraction of sp³-hybridized carbons (Fsp3) is 0.281. The van der Waals surface area contributed by atoms with Crippen LogP contribution in [0.2, 0.25) is 0 Å². The number of amides is 1. The zero-order valence-electron chi connectivity index (χ0n) is 24.2. The van der Waals surface area contributed by atoms with Crippen molar-refractivity contribution in [2.45, 2.75) is 31.3 Å². The van der Waals surface area contributed by atoms with Crippen molar-refractivity contribution in [3.8, 4) is 22.3 Å². The van der Waals surface area contributed by atoms with Crippen LogP contribution in [-0.2, 0) is 32.0 Å². The average Bonchev–Trinajstić information content (AvgIpc) is 3.36. The van der Waals surface area contributed by atoms with Crippen molar-refractivity contribution in [2.75, 3.05) is 24.7 Å². The molecule has 11 heteroatoms. The zero-order valence-corrected chi connectivity index (χ0v) is 25.0. The van der Waals surface area contributed by atoms with Gasteiger partial charge in [-0.2, -0.15) is 5.10 Å². The summed E-state index contributed by atoms with van der Waals surface area (Å²) >= 11 is 0. The molecule has 1 atom stereocenters. The van der Waals surface area contributed by atoms with Crippen molar-refractivity contribution in [1.82, 2.24) is 14.1 Å². The number of sulfonamides is 1. The van der Waals surface area contributed by atoms with Gasteiger partial charge in [-0.25, -0.2) is 17.5 Å². The number of carboxylic acids is 1. The second kappa shape index (κ2) is 12.0. The van der Waals surface area contributed by atoms with E-state index >= 15 is 0 Å². The number of aromatic nitrogens is 2. The van der Waals surface area contributed by atoms with Gasteiger partial charge in [0.1, 0.15) is 11.9 Å². The van der Waals surface area contributed by atoms with Crippen molar-refractivity contribution >= 4 is 27.9 Å². The van der Waals surface area contributed by atoms with Crippen molar-refractivity contribution in [1.29, 1.82) is 0 Å². The Morgan fingerprint density at radius 2 is 1.49 bits per heavy atom. The Hall–Kier alpha value is -4.48. The predicted molar refractivity (Wildman–Crippen MR) is 164 cm³/mol. The van der Waals surface area contributed by atoms with Gasteiger partial charge in [-0.1, -0.05) is 78.9 Å². The Labute approximate surface area is 251 Å². The van der Waals surface area contributed by atoms with Crippen LogP contribution >= 0.6 is 0 Å². The molecule has 3 aromatic carbocycles. The van der Waals surface area contributed by atoms with E-state index in [-0.39, 0.29) is 25.9 Å². The van der Waals surface area contributed by atoms with Gasteiger partial charge in [0.15, 0.2) is 0 Å². The molecule has 0 bridgehead atoms. The smallest absolute Gasteiger partial charge is 0.413 e. The molecule has 0 radical (unpaired) electrons. The minimum absolute atomic E-state index is 0.170. The lowest BCUT2D eigenvalue weighted by molar-refractivity contribution is -0.145. The Morgan fingerprint density at radius 1 is 0.930 bits per heavy atom. The highest BCUT2D eigenvalue weighted by Crippen LogP contribution is 2.38. The topological polar surface area (TPSA) is 131 Å². The largest absolute Gasteiger partial charge is 0.481 e. The SMILES string of the molecule is C[C@@H](OC(=O)Nc1c(-c2ccc(-c3ccc(C4(C(=O)O)CCN(S(C)(=O)=O)CC4)cc3)cc2)cnn1C)c1ccccc1. The van der Waals surface area contributed by atoms with Gasteiger partial charge in [0.2, 0.25) is 10.0 Å². The maximum absolute atomic E-state index is 12.7. The van der Waals surface area contributed by atoms with Crippen LogP contribution < -0.4 is 5.32 Å². The number of carboxylic acid groups (broad SMARTS) is 1. The van der Waals surface area contributed by atoms with E-state index in [0.717, 1.165) is 34.1 Å². The number of anilines is 1. The molecule has 1 amide bonds. The van der Waals surface area contributed by atoms with Crippen LogP contribution in [0.3, 0.4) is 0 Å². The maximum Gasteiger partial charge on any atom is 0.413 e. The van der Waals surface area contributed by atoms with Crippen LogP contribution in [0.15, 0.2) is 85.1 Å². The van der Waals surface area contributed by atoms with Crippen molar-refractivity contribution < 1.29 is 27.9 Å². The average molecular weight is 603 g/mol. The number of nitrogens with zero attached hydrogens (tertiary/aromatic N) is 3. The number of ether oxygens (including phenoxy) is 1. The Bertz CT molecular complexity index is 1710. The summed E-state index contributed by atoms with van der Waals surface area (Å²) in [6.07, 6.45) is 2.25. The summed E-state index contributed by atoms with van der Waals surface area (Å²) in [5, 5.41) is 17.3. The number of carbonyl (C=O) groups is 2. The molecule has 1 aliphatic heterocycles. The molecule has 0 spiro atoms. The van der Waals surface area contributed by atoms with Crippen LogP contribution in [0.25, 0.3) is 22.3 Å². The molecule has 1 saturated heterocycles. The second-order valence-corrected chi connectivity index (χ2v) is 12.8. The monoisotopic (exact) mass is 602 g/mol. The molecule has 0 saturated carbocycles. The van der Waals surface area contributed by atoms with Gasteiger partial charge >= 0.3 is 12.1 Å². The highest BCUT2D eigenvalue weighted by molar-refractivity contribution is 7.88. The molecule has 4 aromatic rings. The Balaban J connectivity index is 1.30. The first kappa shape index (κ1) is 30.0. The van der Waals surface area contributed by atoms with E-state index in [1.807, 2.05) is 85.8 Å². The van der Waals surface area contributed by atoms with E-state index in [1.54, 1.807) is 17.9 Å². The molecule has 5 rings (SSSR count). The van der Waals surface area contributed by atoms with Crippen molar-refractivity contribution in [3.05, 3.63) is 96.2 Å². The zero-order chi connectivity index (χ0) is 30.8. The molecule has 1 aromatic heterocycles. The van der Waals surface area contributed by atoms with E-state index in [1.165, 1.54) is 4.31 Å². The number of hydrogen-bond donors (Lipinski definition) is 2. The van der Waals surface area contributed by atoms with E-state index in [9.17, 15) is 23.1 Å². The predicted octanol–water partition coefficient (Wildman–Crippen LogP) is 5.44. The highest BCUT2D eigenvalue weighted by atomic mass is 32.2. The van der Waals surface area contributed by atoms with Gasteiger partial charge in [-0.15, -0.1) is 0 Å². The second-order valence-electron chi connectivity index (χ2n) is 10.8. The third-order valence-corrected chi connectivity index (χ3v) is 9.44. The minimum Gasteiger partial charge on any atom is -0.481 e. The van der Waals surface area contributed by atoms with Gasteiger partial charge in [0.25, 0.3) is 0 Å². The fourth-order valence-corrected chi connectivity index (χ4v) is 6.37. The number of piperidine rings is 1. The van der Waals surface area contributed by atoms with Gasteiger partial charge in [-0.05, 0) is 47.6 Å². The summed E-state index contributed by atoms with van der Waals surface area (Å²) in [5.41, 5.74) is 3.84. The third kappa shape index (κ3) is 6.32. The van der Waals surface area contributed by atoms with E-state index in [4.69, 9.17) is 4.74 Å². The number of benzene rings is 3. The Morgan fingerprint density at radius 3 is 2.05 bits per heavy atom. The maximum atomic E-state index is 12.7.